The number of benzene rings is 1. The van der Waals surface area contributed by atoms with E-state index in [0.29, 0.717) is 11.5 Å². The van der Waals surface area contributed by atoms with Gasteiger partial charge in [0.2, 0.25) is 0 Å². The minimum absolute atomic E-state index is 0.457. The van der Waals surface area contributed by atoms with Crippen LogP contribution in [-0.2, 0) is 11.3 Å². The second-order valence-corrected chi connectivity index (χ2v) is 7.88. The normalized spacial score (nSPS) is 23.8. The summed E-state index contributed by atoms with van der Waals surface area (Å²) in [7, 11) is 0. The van der Waals surface area contributed by atoms with Gasteiger partial charge < -0.3 is 4.74 Å². The van der Waals surface area contributed by atoms with Gasteiger partial charge in [-0.3, -0.25) is 0 Å². The third kappa shape index (κ3) is 4.53. The van der Waals surface area contributed by atoms with Crippen LogP contribution in [0.25, 0.3) is 0 Å². The minimum atomic E-state index is 0.457. The first-order valence-corrected chi connectivity index (χ1v) is 8.96. The summed E-state index contributed by atoms with van der Waals surface area (Å²) < 4.78 is 6.10. The molecule has 0 aromatic heterocycles. The summed E-state index contributed by atoms with van der Waals surface area (Å²) >= 11 is 1.79. The number of hydrogen-bond donors (Lipinski definition) is 0. The van der Waals surface area contributed by atoms with Gasteiger partial charge >= 0.3 is 0 Å². The molecule has 1 aliphatic carbocycles. The summed E-state index contributed by atoms with van der Waals surface area (Å²) in [6.07, 6.45) is 7.67. The van der Waals surface area contributed by atoms with Crippen LogP contribution in [0.3, 0.4) is 0 Å². The van der Waals surface area contributed by atoms with Crippen molar-refractivity contribution in [1.82, 2.24) is 0 Å². The highest BCUT2D eigenvalue weighted by Gasteiger charge is 2.29. The number of rotatable bonds is 4. The van der Waals surface area contributed by atoms with Gasteiger partial charge in [-0.05, 0) is 61.0 Å². The zero-order chi connectivity index (χ0) is 14.6. The van der Waals surface area contributed by atoms with Gasteiger partial charge in [0.25, 0.3) is 0 Å². The Kier molecular flexibility index (Phi) is 5.57. The van der Waals surface area contributed by atoms with Gasteiger partial charge in [0, 0.05) is 4.90 Å². The molecule has 0 spiro atoms. The lowest BCUT2D eigenvalue weighted by Crippen LogP contribution is -2.29. The smallest absolute Gasteiger partial charge is 0.0720 e. The standard InChI is InChI=1S/C18H28OS/c1-18(2,3)15-7-9-16(10-8-15)19-13-14-5-11-17(20-4)12-6-14/h5-6,11-12,15-16H,7-10,13H2,1-4H3. The van der Waals surface area contributed by atoms with Crippen molar-refractivity contribution in [2.75, 3.05) is 6.26 Å². The van der Waals surface area contributed by atoms with Crippen molar-refractivity contribution in [3.8, 4) is 0 Å². The molecule has 0 N–H and O–H groups in total. The summed E-state index contributed by atoms with van der Waals surface area (Å²) in [6, 6.07) is 8.74. The molecule has 0 atom stereocenters. The third-order valence-corrected chi connectivity index (χ3v) is 5.29. The molecule has 0 unspecified atom stereocenters. The van der Waals surface area contributed by atoms with Crippen LogP contribution in [0.2, 0.25) is 0 Å². The van der Waals surface area contributed by atoms with Crippen LogP contribution in [0.15, 0.2) is 29.2 Å². The zero-order valence-electron chi connectivity index (χ0n) is 13.3. The van der Waals surface area contributed by atoms with E-state index in [1.807, 2.05) is 0 Å². The van der Waals surface area contributed by atoms with Crippen LogP contribution in [0.5, 0.6) is 0 Å². The molecule has 1 saturated carbocycles. The number of thioether (sulfide) groups is 1. The van der Waals surface area contributed by atoms with Crippen molar-refractivity contribution in [2.45, 2.75) is 64.1 Å². The first-order valence-electron chi connectivity index (χ1n) is 7.73. The summed E-state index contributed by atoms with van der Waals surface area (Å²) in [5.74, 6) is 0.864. The lowest BCUT2D eigenvalue weighted by atomic mass is 9.72. The molecular formula is C18H28OS. The van der Waals surface area contributed by atoms with E-state index in [-0.39, 0.29) is 0 Å². The Morgan fingerprint density at radius 1 is 1.05 bits per heavy atom. The Morgan fingerprint density at radius 2 is 1.65 bits per heavy atom. The first-order chi connectivity index (χ1) is 9.49. The molecule has 0 saturated heterocycles. The highest BCUT2D eigenvalue weighted by molar-refractivity contribution is 7.98. The average Bonchev–Trinajstić information content (AvgIpc) is 2.45. The van der Waals surface area contributed by atoms with Gasteiger partial charge in [-0.25, -0.2) is 0 Å². The molecule has 2 rings (SSSR count). The van der Waals surface area contributed by atoms with E-state index in [0.717, 1.165) is 12.5 Å². The largest absolute Gasteiger partial charge is 0.374 e. The highest BCUT2D eigenvalue weighted by atomic mass is 32.2. The summed E-state index contributed by atoms with van der Waals surface area (Å²) in [5, 5.41) is 0. The Morgan fingerprint density at radius 3 is 2.15 bits per heavy atom. The van der Waals surface area contributed by atoms with Crippen molar-refractivity contribution < 1.29 is 4.74 Å². The van der Waals surface area contributed by atoms with E-state index in [1.54, 1.807) is 11.8 Å². The fourth-order valence-electron chi connectivity index (χ4n) is 3.03. The molecule has 2 heteroatoms. The molecule has 0 heterocycles. The van der Waals surface area contributed by atoms with E-state index in [1.165, 1.54) is 36.1 Å². The fourth-order valence-corrected chi connectivity index (χ4v) is 3.44. The summed E-state index contributed by atoms with van der Waals surface area (Å²) in [5.41, 5.74) is 1.75. The quantitative estimate of drug-likeness (QED) is 0.675. The fraction of sp³-hybridized carbons (Fsp3) is 0.667. The van der Waals surface area contributed by atoms with Gasteiger partial charge in [-0.2, -0.15) is 0 Å². The van der Waals surface area contributed by atoms with Crippen LogP contribution < -0.4 is 0 Å². The molecule has 0 aliphatic heterocycles. The molecule has 0 bridgehead atoms. The molecule has 1 aromatic carbocycles. The van der Waals surface area contributed by atoms with Gasteiger partial charge in [-0.15, -0.1) is 11.8 Å². The molecule has 112 valence electrons. The second kappa shape index (κ2) is 7.00. The van der Waals surface area contributed by atoms with Crippen LogP contribution in [0.4, 0.5) is 0 Å². The van der Waals surface area contributed by atoms with Crippen molar-refractivity contribution in [3.05, 3.63) is 29.8 Å². The molecule has 20 heavy (non-hydrogen) atoms. The molecule has 1 fully saturated rings. The first kappa shape index (κ1) is 15.9. The summed E-state index contributed by atoms with van der Waals surface area (Å²) in [6.45, 7) is 7.87. The monoisotopic (exact) mass is 292 g/mol. The second-order valence-electron chi connectivity index (χ2n) is 7.00. The maximum absolute atomic E-state index is 6.10. The molecule has 0 radical (unpaired) electrons. The Hall–Kier alpha value is -0.470. The molecule has 1 aromatic rings. The maximum atomic E-state index is 6.10. The molecule has 1 nitrogen and oxygen atoms in total. The topological polar surface area (TPSA) is 9.23 Å². The van der Waals surface area contributed by atoms with Crippen molar-refractivity contribution in [3.63, 3.8) is 0 Å². The SMILES string of the molecule is CSc1ccc(COC2CCC(C(C)(C)C)CC2)cc1. The van der Waals surface area contributed by atoms with E-state index >= 15 is 0 Å². The summed E-state index contributed by atoms with van der Waals surface area (Å²) in [4.78, 5) is 1.32. The van der Waals surface area contributed by atoms with E-state index in [4.69, 9.17) is 4.74 Å². The van der Waals surface area contributed by atoms with E-state index < -0.39 is 0 Å². The lowest BCUT2D eigenvalue weighted by Gasteiger charge is -2.36. The molecular weight excluding hydrogens is 264 g/mol. The van der Waals surface area contributed by atoms with Crippen LogP contribution >= 0.6 is 11.8 Å². The van der Waals surface area contributed by atoms with E-state index in [9.17, 15) is 0 Å². The van der Waals surface area contributed by atoms with Crippen molar-refractivity contribution in [2.24, 2.45) is 11.3 Å². The molecule has 0 amide bonds. The van der Waals surface area contributed by atoms with Gasteiger partial charge in [0.15, 0.2) is 0 Å². The lowest BCUT2D eigenvalue weighted by molar-refractivity contribution is -0.00582. The number of hydrogen-bond acceptors (Lipinski definition) is 2. The van der Waals surface area contributed by atoms with Crippen LogP contribution in [0.1, 0.15) is 52.0 Å². The van der Waals surface area contributed by atoms with E-state index in [2.05, 4.69) is 51.3 Å². The Balaban J connectivity index is 1.75. The highest BCUT2D eigenvalue weighted by Crippen LogP contribution is 2.38. The zero-order valence-corrected chi connectivity index (χ0v) is 14.1. The molecule has 1 aliphatic rings. The maximum Gasteiger partial charge on any atom is 0.0720 e. The van der Waals surface area contributed by atoms with Gasteiger partial charge in [0.1, 0.15) is 0 Å². The number of ether oxygens (including phenoxy) is 1. The van der Waals surface area contributed by atoms with Crippen LogP contribution in [-0.4, -0.2) is 12.4 Å². The average molecular weight is 292 g/mol. The Labute approximate surface area is 128 Å². The van der Waals surface area contributed by atoms with Crippen LogP contribution in [0, 0.1) is 11.3 Å². The third-order valence-electron chi connectivity index (χ3n) is 4.54. The van der Waals surface area contributed by atoms with Gasteiger partial charge in [0.05, 0.1) is 12.7 Å². The van der Waals surface area contributed by atoms with Crippen molar-refractivity contribution >= 4 is 11.8 Å². The Bertz CT molecular complexity index is 396. The predicted octanol–water partition coefficient (Wildman–Crippen LogP) is 5.53. The van der Waals surface area contributed by atoms with Crippen molar-refractivity contribution in [1.29, 1.82) is 0 Å². The predicted molar refractivity (Wildman–Crippen MR) is 88.2 cm³/mol. The van der Waals surface area contributed by atoms with Gasteiger partial charge in [-0.1, -0.05) is 32.9 Å². The minimum Gasteiger partial charge on any atom is -0.374 e.